The van der Waals surface area contributed by atoms with E-state index in [1.807, 2.05) is 0 Å². The van der Waals surface area contributed by atoms with Crippen LogP contribution in [-0.4, -0.2) is 23.3 Å². The lowest BCUT2D eigenvalue weighted by atomic mass is 10.00. The Kier molecular flexibility index (Phi) is 3.79. The van der Waals surface area contributed by atoms with Crippen molar-refractivity contribution in [2.75, 3.05) is 11.4 Å². The van der Waals surface area contributed by atoms with Crippen molar-refractivity contribution in [2.24, 2.45) is 23.5 Å². The molecule has 0 bridgehead atoms. The Morgan fingerprint density at radius 3 is 2.62 bits per heavy atom. The smallest absolute Gasteiger partial charge is 0.239 e. The van der Waals surface area contributed by atoms with Crippen LogP contribution in [0.25, 0.3) is 0 Å². The first kappa shape index (κ1) is 14.2. The maximum Gasteiger partial charge on any atom is 0.239 e. The third kappa shape index (κ3) is 2.37. The minimum absolute atomic E-state index is 0.0892. The highest BCUT2D eigenvalue weighted by atomic mass is 32.1. The van der Waals surface area contributed by atoms with Crippen molar-refractivity contribution in [2.45, 2.75) is 26.2 Å². The summed E-state index contributed by atoms with van der Waals surface area (Å²) in [5.74, 6) is 5.64. The van der Waals surface area contributed by atoms with Crippen molar-refractivity contribution in [1.29, 1.82) is 0 Å². The predicted molar refractivity (Wildman–Crippen MR) is 80.5 cm³/mol. The van der Waals surface area contributed by atoms with E-state index >= 15 is 0 Å². The van der Waals surface area contributed by atoms with Crippen LogP contribution < -0.4 is 10.6 Å². The van der Waals surface area contributed by atoms with Gasteiger partial charge < -0.3 is 5.73 Å². The summed E-state index contributed by atoms with van der Waals surface area (Å²) in [6, 6.07) is 0. The van der Waals surface area contributed by atoms with Crippen molar-refractivity contribution >= 4 is 28.3 Å². The number of amides is 2. The van der Waals surface area contributed by atoms with Crippen LogP contribution in [0.2, 0.25) is 0 Å². The Morgan fingerprint density at radius 2 is 2.05 bits per heavy atom. The molecule has 1 aliphatic carbocycles. The molecule has 0 aromatic carbocycles. The number of thiazole rings is 1. The highest BCUT2D eigenvalue weighted by molar-refractivity contribution is 7.16. The SMILES string of the molecule is CCC1CC2C(=O)N(c3ncc(C#CCN)s3)C(=O)C2C1. The highest BCUT2D eigenvalue weighted by Gasteiger charge is 2.53. The standard InChI is InChI=1S/C15H17N3O2S/c1-2-9-6-11-12(7-9)14(20)18(13(11)19)15-17-8-10(21-15)4-3-5-16/h8-9,11-12H,2,5-7,16H2,1H3. The number of rotatable bonds is 2. The Balaban J connectivity index is 1.83. The number of imide groups is 1. The lowest BCUT2D eigenvalue weighted by Crippen LogP contribution is -2.32. The molecule has 2 heterocycles. The maximum absolute atomic E-state index is 12.5. The first-order valence-electron chi connectivity index (χ1n) is 7.18. The molecule has 3 rings (SSSR count). The molecule has 2 amide bonds. The summed E-state index contributed by atoms with van der Waals surface area (Å²) in [6.07, 6.45) is 4.27. The quantitative estimate of drug-likeness (QED) is 0.661. The summed E-state index contributed by atoms with van der Waals surface area (Å²) in [5.41, 5.74) is 5.33. The van der Waals surface area contributed by atoms with E-state index in [-0.39, 0.29) is 30.2 Å². The van der Waals surface area contributed by atoms with Crippen molar-refractivity contribution in [3.8, 4) is 11.8 Å². The van der Waals surface area contributed by atoms with Gasteiger partial charge in [0.05, 0.1) is 29.5 Å². The molecule has 2 atom stereocenters. The van der Waals surface area contributed by atoms with Gasteiger partial charge in [0.2, 0.25) is 11.8 Å². The van der Waals surface area contributed by atoms with Crippen LogP contribution in [0.5, 0.6) is 0 Å². The Morgan fingerprint density at radius 1 is 1.38 bits per heavy atom. The van der Waals surface area contributed by atoms with Crippen LogP contribution in [-0.2, 0) is 9.59 Å². The van der Waals surface area contributed by atoms with Crippen molar-refractivity contribution in [3.05, 3.63) is 11.1 Å². The van der Waals surface area contributed by atoms with Gasteiger partial charge in [-0.2, -0.15) is 0 Å². The normalized spacial score (nSPS) is 27.7. The first-order chi connectivity index (χ1) is 10.2. The average Bonchev–Trinajstić information content (AvgIpc) is 3.15. The second-order valence-electron chi connectivity index (χ2n) is 5.48. The van der Waals surface area contributed by atoms with Crippen LogP contribution in [0, 0.1) is 29.6 Å². The van der Waals surface area contributed by atoms with Gasteiger partial charge in [0.15, 0.2) is 5.13 Å². The number of carbonyl (C=O) groups is 2. The molecule has 2 aliphatic rings. The van der Waals surface area contributed by atoms with E-state index in [2.05, 4.69) is 23.7 Å². The average molecular weight is 303 g/mol. The summed E-state index contributed by atoms with van der Waals surface area (Å²) in [5, 5.41) is 0.439. The number of nitrogens with two attached hydrogens (primary N) is 1. The fourth-order valence-electron chi connectivity index (χ4n) is 3.22. The number of anilines is 1. The van der Waals surface area contributed by atoms with Crippen LogP contribution in [0.1, 0.15) is 31.1 Å². The zero-order valence-corrected chi connectivity index (χ0v) is 12.7. The molecular weight excluding hydrogens is 286 g/mol. The van der Waals surface area contributed by atoms with Gasteiger partial charge in [0.25, 0.3) is 0 Å². The molecule has 1 saturated heterocycles. The Hall–Kier alpha value is -1.71. The van der Waals surface area contributed by atoms with Crippen LogP contribution in [0.4, 0.5) is 5.13 Å². The topological polar surface area (TPSA) is 76.3 Å². The molecule has 6 heteroatoms. The summed E-state index contributed by atoms with van der Waals surface area (Å²) in [7, 11) is 0. The van der Waals surface area contributed by atoms with E-state index in [0.717, 1.165) is 24.1 Å². The van der Waals surface area contributed by atoms with Crippen molar-refractivity contribution in [3.63, 3.8) is 0 Å². The Labute approximate surface area is 127 Å². The minimum atomic E-state index is -0.148. The monoisotopic (exact) mass is 303 g/mol. The highest BCUT2D eigenvalue weighted by Crippen LogP contribution is 2.45. The van der Waals surface area contributed by atoms with Crippen LogP contribution in [0.15, 0.2) is 6.20 Å². The number of hydrogen-bond acceptors (Lipinski definition) is 5. The third-order valence-electron chi connectivity index (χ3n) is 4.31. The summed E-state index contributed by atoms with van der Waals surface area (Å²) < 4.78 is 0. The number of aromatic nitrogens is 1. The van der Waals surface area contributed by atoms with Gasteiger partial charge in [-0.25, -0.2) is 9.88 Å². The van der Waals surface area contributed by atoms with E-state index in [1.54, 1.807) is 6.20 Å². The third-order valence-corrected chi connectivity index (χ3v) is 5.21. The van der Waals surface area contributed by atoms with E-state index < -0.39 is 0 Å². The summed E-state index contributed by atoms with van der Waals surface area (Å²) >= 11 is 1.27. The fourth-order valence-corrected chi connectivity index (χ4v) is 4.02. The van der Waals surface area contributed by atoms with E-state index in [0.29, 0.717) is 11.0 Å². The van der Waals surface area contributed by atoms with Gasteiger partial charge in [-0.05, 0) is 18.8 Å². The molecule has 1 aliphatic heterocycles. The molecule has 1 aromatic rings. The second-order valence-corrected chi connectivity index (χ2v) is 6.49. The van der Waals surface area contributed by atoms with E-state index in [4.69, 9.17) is 5.73 Å². The van der Waals surface area contributed by atoms with Gasteiger partial charge in [0, 0.05) is 0 Å². The molecule has 2 fully saturated rings. The lowest BCUT2D eigenvalue weighted by Gasteiger charge is -2.14. The fraction of sp³-hybridized carbons (Fsp3) is 0.533. The number of fused-ring (bicyclic) bond motifs is 1. The first-order valence-corrected chi connectivity index (χ1v) is 8.00. The number of hydrogen-bond donors (Lipinski definition) is 1. The van der Waals surface area contributed by atoms with Gasteiger partial charge in [-0.3, -0.25) is 9.59 Å². The maximum atomic E-state index is 12.5. The molecule has 110 valence electrons. The van der Waals surface area contributed by atoms with Crippen LogP contribution in [0.3, 0.4) is 0 Å². The molecule has 2 N–H and O–H groups in total. The Bertz CT molecular complexity index is 619. The molecule has 2 unspecified atom stereocenters. The molecule has 1 saturated carbocycles. The summed E-state index contributed by atoms with van der Waals surface area (Å²) in [6.45, 7) is 2.39. The second kappa shape index (κ2) is 5.58. The predicted octanol–water partition coefficient (Wildman–Crippen LogP) is 1.38. The van der Waals surface area contributed by atoms with Crippen LogP contribution >= 0.6 is 11.3 Å². The largest absolute Gasteiger partial charge is 0.320 e. The molecule has 0 radical (unpaired) electrons. The van der Waals surface area contributed by atoms with E-state index in [9.17, 15) is 9.59 Å². The van der Waals surface area contributed by atoms with Gasteiger partial charge in [-0.15, -0.1) is 0 Å². The molecule has 21 heavy (non-hydrogen) atoms. The molecule has 0 spiro atoms. The summed E-state index contributed by atoms with van der Waals surface area (Å²) in [4.78, 5) is 31.2. The zero-order chi connectivity index (χ0) is 15.0. The van der Waals surface area contributed by atoms with Crippen molar-refractivity contribution in [1.82, 2.24) is 4.98 Å². The molecule has 1 aromatic heterocycles. The number of nitrogens with zero attached hydrogens (tertiary/aromatic N) is 2. The molecule has 5 nitrogen and oxygen atoms in total. The van der Waals surface area contributed by atoms with E-state index in [1.165, 1.54) is 16.2 Å². The minimum Gasteiger partial charge on any atom is -0.320 e. The lowest BCUT2D eigenvalue weighted by molar-refractivity contribution is -0.123. The zero-order valence-electron chi connectivity index (χ0n) is 11.8. The van der Waals surface area contributed by atoms with Gasteiger partial charge in [0.1, 0.15) is 0 Å². The van der Waals surface area contributed by atoms with Gasteiger partial charge >= 0.3 is 0 Å². The van der Waals surface area contributed by atoms with Gasteiger partial charge in [-0.1, -0.05) is 36.5 Å². The molecular formula is C15H17N3O2S. The van der Waals surface area contributed by atoms with Crippen molar-refractivity contribution < 1.29 is 9.59 Å². The number of carbonyl (C=O) groups excluding carboxylic acids is 2.